The highest BCUT2D eigenvalue weighted by Gasteiger charge is 2.27. The maximum atomic E-state index is 13.3. The van der Waals surface area contributed by atoms with E-state index in [2.05, 4.69) is 28.1 Å². The van der Waals surface area contributed by atoms with Gasteiger partial charge in [-0.05, 0) is 65.2 Å². The maximum Gasteiger partial charge on any atom is 0.278 e. The summed E-state index contributed by atoms with van der Waals surface area (Å²) in [7, 11) is 0. The third kappa shape index (κ3) is 4.78. The molecule has 6 rings (SSSR count). The van der Waals surface area contributed by atoms with Gasteiger partial charge in [-0.1, -0.05) is 84.9 Å². The Morgan fingerprint density at radius 1 is 0.622 bits per heavy atom. The molecule has 0 saturated heterocycles. The number of rotatable bonds is 5. The molecule has 0 saturated carbocycles. The topological polar surface area (TPSA) is 41.9 Å². The molecule has 178 valence electrons. The van der Waals surface area contributed by atoms with Gasteiger partial charge in [-0.2, -0.15) is 4.99 Å². The van der Waals surface area contributed by atoms with Crippen LogP contribution in [-0.4, -0.2) is 11.7 Å². The Bertz CT molecular complexity index is 1560. The van der Waals surface area contributed by atoms with Gasteiger partial charge in [0.25, 0.3) is 5.91 Å². The molecule has 0 spiro atoms. The van der Waals surface area contributed by atoms with Crippen molar-refractivity contribution in [2.75, 3.05) is 4.90 Å². The first-order chi connectivity index (χ1) is 18.2. The van der Waals surface area contributed by atoms with Gasteiger partial charge in [-0.15, -0.1) is 0 Å². The zero-order valence-electron chi connectivity index (χ0n) is 20.1. The van der Waals surface area contributed by atoms with Crippen LogP contribution in [0.1, 0.15) is 21.5 Å². The molecule has 0 aliphatic carbocycles. The van der Waals surface area contributed by atoms with E-state index in [0.717, 1.165) is 39.4 Å². The number of anilines is 1. The molecule has 0 atom stereocenters. The molecule has 0 N–H and O–H groups in total. The van der Waals surface area contributed by atoms with Crippen LogP contribution >= 0.6 is 0 Å². The van der Waals surface area contributed by atoms with Crippen LogP contribution < -0.4 is 9.64 Å². The van der Waals surface area contributed by atoms with Gasteiger partial charge in [0, 0.05) is 16.8 Å². The van der Waals surface area contributed by atoms with E-state index in [9.17, 15) is 4.79 Å². The van der Waals surface area contributed by atoms with E-state index in [0.29, 0.717) is 17.9 Å². The molecule has 0 fully saturated rings. The fraction of sp³-hybridized carbons (Fsp3) is 0.0303. The van der Waals surface area contributed by atoms with Gasteiger partial charge in [0.05, 0.1) is 6.54 Å². The van der Waals surface area contributed by atoms with Gasteiger partial charge in [-0.25, -0.2) is 0 Å². The van der Waals surface area contributed by atoms with Gasteiger partial charge < -0.3 is 9.64 Å². The Morgan fingerprint density at radius 3 is 1.95 bits per heavy atom. The molecule has 1 aliphatic rings. The number of nitrogens with zero attached hydrogens (tertiary/aromatic N) is 2. The van der Waals surface area contributed by atoms with Crippen LogP contribution in [0.15, 0.2) is 138 Å². The highest BCUT2D eigenvalue weighted by Crippen LogP contribution is 2.31. The highest BCUT2D eigenvalue weighted by atomic mass is 16.5. The third-order valence-corrected chi connectivity index (χ3v) is 6.42. The van der Waals surface area contributed by atoms with Crippen molar-refractivity contribution < 1.29 is 9.53 Å². The number of hydrogen-bond donors (Lipinski definition) is 0. The minimum absolute atomic E-state index is 0.264. The van der Waals surface area contributed by atoms with E-state index in [1.54, 1.807) is 0 Å². The van der Waals surface area contributed by atoms with Gasteiger partial charge in [-0.3, -0.25) is 4.79 Å². The average Bonchev–Trinajstić information content (AvgIpc) is 3.33. The Morgan fingerprint density at radius 2 is 1.22 bits per heavy atom. The number of amides is 1. The normalized spacial score (nSPS) is 13.4. The minimum atomic E-state index is -0.264. The van der Waals surface area contributed by atoms with Crippen LogP contribution in [0.3, 0.4) is 0 Å². The van der Waals surface area contributed by atoms with Crippen LogP contribution in [0.5, 0.6) is 11.5 Å². The quantitative estimate of drug-likeness (QED) is 0.258. The lowest BCUT2D eigenvalue weighted by molar-refractivity contribution is 0.100. The number of amidine groups is 1. The van der Waals surface area contributed by atoms with Crippen molar-refractivity contribution in [2.45, 2.75) is 6.54 Å². The van der Waals surface area contributed by atoms with Gasteiger partial charge in [0.1, 0.15) is 17.3 Å². The van der Waals surface area contributed by atoms with Gasteiger partial charge in [0.2, 0.25) is 0 Å². The summed E-state index contributed by atoms with van der Waals surface area (Å²) in [5.41, 5.74) is 5.80. The molecule has 4 nitrogen and oxygen atoms in total. The minimum Gasteiger partial charge on any atom is -0.457 e. The van der Waals surface area contributed by atoms with E-state index >= 15 is 0 Å². The van der Waals surface area contributed by atoms with Crippen LogP contribution in [0.4, 0.5) is 5.69 Å². The van der Waals surface area contributed by atoms with E-state index in [1.165, 1.54) is 0 Å². The van der Waals surface area contributed by atoms with E-state index in [1.807, 2.05) is 115 Å². The predicted octanol–water partition coefficient (Wildman–Crippen LogP) is 7.75. The Kier molecular flexibility index (Phi) is 6.05. The molecule has 1 aliphatic heterocycles. The summed E-state index contributed by atoms with van der Waals surface area (Å²) in [5.74, 6) is 1.93. The van der Waals surface area contributed by atoms with Crippen molar-refractivity contribution in [1.82, 2.24) is 0 Å². The Labute approximate surface area is 216 Å². The standard InChI is InChI=1S/C33H24N2O2/c36-33(26-17-15-25(16-18-26)24-9-3-1-4-10-24)34-32-31-14-8-7-11-27(31)23-35(32)28-19-21-30(22-20-28)37-29-12-5-2-6-13-29/h1-22H,23H2. The van der Waals surface area contributed by atoms with Crippen molar-refractivity contribution in [3.05, 3.63) is 150 Å². The average molecular weight is 481 g/mol. The molecule has 1 amide bonds. The second-order valence-electron chi connectivity index (χ2n) is 8.84. The monoisotopic (exact) mass is 480 g/mol. The summed E-state index contributed by atoms with van der Waals surface area (Å²) in [6, 6.07) is 43.4. The zero-order chi connectivity index (χ0) is 25.0. The van der Waals surface area contributed by atoms with Crippen molar-refractivity contribution in [2.24, 2.45) is 4.99 Å². The van der Waals surface area contributed by atoms with Gasteiger partial charge in [0.15, 0.2) is 0 Å². The largest absolute Gasteiger partial charge is 0.457 e. The van der Waals surface area contributed by atoms with Crippen molar-refractivity contribution in [3.8, 4) is 22.6 Å². The number of fused-ring (bicyclic) bond motifs is 1. The summed E-state index contributed by atoms with van der Waals surface area (Å²) in [4.78, 5) is 19.9. The lowest BCUT2D eigenvalue weighted by atomic mass is 10.0. The molecule has 5 aromatic carbocycles. The second kappa shape index (κ2) is 9.96. The van der Waals surface area contributed by atoms with E-state index in [4.69, 9.17) is 4.74 Å². The van der Waals surface area contributed by atoms with Crippen LogP contribution in [-0.2, 0) is 6.54 Å². The summed E-state index contributed by atoms with van der Waals surface area (Å²) >= 11 is 0. The Balaban J connectivity index is 1.28. The summed E-state index contributed by atoms with van der Waals surface area (Å²) in [5, 5.41) is 0. The zero-order valence-corrected chi connectivity index (χ0v) is 20.1. The lowest BCUT2D eigenvalue weighted by Gasteiger charge is -2.19. The summed E-state index contributed by atoms with van der Waals surface area (Å²) in [6.45, 7) is 0.647. The number of para-hydroxylation sites is 1. The van der Waals surface area contributed by atoms with Crippen molar-refractivity contribution in [1.29, 1.82) is 0 Å². The second-order valence-corrected chi connectivity index (χ2v) is 8.84. The summed E-state index contributed by atoms with van der Waals surface area (Å²) < 4.78 is 5.95. The van der Waals surface area contributed by atoms with E-state index in [-0.39, 0.29) is 5.91 Å². The fourth-order valence-electron chi connectivity index (χ4n) is 4.52. The molecule has 0 radical (unpaired) electrons. The first-order valence-corrected chi connectivity index (χ1v) is 12.2. The highest BCUT2D eigenvalue weighted by molar-refractivity contribution is 6.18. The third-order valence-electron chi connectivity index (χ3n) is 6.42. The SMILES string of the molecule is O=C(N=C1c2ccccc2CN1c1ccc(Oc2ccccc2)cc1)c1ccc(-c2ccccc2)cc1. The lowest BCUT2D eigenvalue weighted by Crippen LogP contribution is -2.25. The number of carbonyl (C=O) groups excluding carboxylic acids is 1. The molecular formula is C33H24N2O2. The number of aliphatic imine (C=N–C) groups is 1. The van der Waals surface area contributed by atoms with Crippen LogP contribution in [0, 0.1) is 0 Å². The first kappa shape index (κ1) is 22.5. The van der Waals surface area contributed by atoms with E-state index < -0.39 is 0 Å². The first-order valence-electron chi connectivity index (χ1n) is 12.2. The molecular weight excluding hydrogens is 456 g/mol. The maximum absolute atomic E-state index is 13.3. The number of hydrogen-bond acceptors (Lipinski definition) is 2. The smallest absolute Gasteiger partial charge is 0.278 e. The fourth-order valence-corrected chi connectivity index (χ4v) is 4.52. The molecule has 4 heteroatoms. The summed E-state index contributed by atoms with van der Waals surface area (Å²) in [6.07, 6.45) is 0. The molecule has 0 aromatic heterocycles. The van der Waals surface area contributed by atoms with Gasteiger partial charge >= 0.3 is 0 Å². The van der Waals surface area contributed by atoms with Crippen LogP contribution in [0.2, 0.25) is 0 Å². The molecule has 0 bridgehead atoms. The van der Waals surface area contributed by atoms with Crippen LogP contribution in [0.25, 0.3) is 11.1 Å². The number of carbonyl (C=O) groups is 1. The van der Waals surface area contributed by atoms with Crippen molar-refractivity contribution in [3.63, 3.8) is 0 Å². The predicted molar refractivity (Wildman–Crippen MR) is 148 cm³/mol. The molecule has 0 unspecified atom stereocenters. The molecule has 5 aromatic rings. The molecule has 1 heterocycles. The number of ether oxygens (including phenoxy) is 1. The Hall–Kier alpha value is -4.96. The van der Waals surface area contributed by atoms with Crippen molar-refractivity contribution >= 4 is 17.4 Å². The number of benzene rings is 5. The molecule has 37 heavy (non-hydrogen) atoms.